The molecule has 1 rings (SSSR count). The van der Waals surface area contributed by atoms with Crippen LogP contribution < -0.4 is 5.32 Å². The van der Waals surface area contributed by atoms with E-state index in [0.29, 0.717) is 6.04 Å². The van der Waals surface area contributed by atoms with E-state index < -0.39 is 8.56 Å². The molecule has 4 nitrogen and oxygen atoms in total. The lowest BCUT2D eigenvalue weighted by Gasteiger charge is -2.26. The first-order valence-electron chi connectivity index (χ1n) is 6.22. The molecule has 0 aromatic heterocycles. The number of rotatable bonds is 8. The zero-order chi connectivity index (χ0) is 11.9. The summed E-state index contributed by atoms with van der Waals surface area (Å²) in [4.78, 5) is 4.14. The van der Waals surface area contributed by atoms with Crippen LogP contribution in [-0.2, 0) is 8.85 Å². The summed E-state index contributed by atoms with van der Waals surface area (Å²) in [6, 6.07) is 1.54. The van der Waals surface area contributed by atoms with E-state index in [1.54, 1.807) is 6.34 Å². The van der Waals surface area contributed by atoms with Crippen molar-refractivity contribution in [1.29, 1.82) is 0 Å². The van der Waals surface area contributed by atoms with E-state index >= 15 is 0 Å². The van der Waals surface area contributed by atoms with Crippen molar-refractivity contribution in [3.8, 4) is 0 Å². The van der Waals surface area contributed by atoms with Crippen LogP contribution in [-0.4, -0.2) is 40.7 Å². The molecule has 0 bridgehead atoms. The quantitative estimate of drug-likeness (QED) is 0.663. The Kier molecular flexibility index (Phi) is 6.01. The van der Waals surface area contributed by atoms with Crippen LogP contribution in [0.1, 0.15) is 26.7 Å². The predicted octanol–water partition coefficient (Wildman–Crippen LogP) is 1.91. The van der Waals surface area contributed by atoms with E-state index in [-0.39, 0.29) is 0 Å². The van der Waals surface area contributed by atoms with Crippen molar-refractivity contribution >= 4 is 14.9 Å². The molecule has 0 aromatic carbocycles. The molecule has 2 atom stereocenters. The maximum Gasteiger partial charge on any atom is 0.334 e. The van der Waals surface area contributed by atoms with Crippen molar-refractivity contribution in [2.45, 2.75) is 45.3 Å². The van der Waals surface area contributed by atoms with E-state index in [1.807, 2.05) is 6.92 Å². The first-order valence-corrected chi connectivity index (χ1v) is 8.75. The van der Waals surface area contributed by atoms with Gasteiger partial charge in [-0.05, 0) is 25.9 Å². The molecule has 1 aliphatic rings. The molecule has 1 heterocycles. The fourth-order valence-electron chi connectivity index (χ4n) is 1.93. The van der Waals surface area contributed by atoms with Crippen LogP contribution in [0.25, 0.3) is 0 Å². The Morgan fingerprint density at radius 1 is 1.44 bits per heavy atom. The fourth-order valence-corrected chi connectivity index (χ4v) is 4.37. The van der Waals surface area contributed by atoms with Gasteiger partial charge in [-0.1, -0.05) is 13.3 Å². The van der Waals surface area contributed by atoms with Gasteiger partial charge in [0.05, 0.1) is 12.9 Å². The van der Waals surface area contributed by atoms with Gasteiger partial charge >= 0.3 is 8.56 Å². The van der Waals surface area contributed by atoms with Crippen LogP contribution in [0, 0.1) is 0 Å². The summed E-state index contributed by atoms with van der Waals surface area (Å²) in [7, 11) is -1.89. The average molecular weight is 244 g/mol. The number of nitrogens with one attached hydrogen (secondary N) is 1. The van der Waals surface area contributed by atoms with Gasteiger partial charge in [-0.15, -0.1) is 0 Å². The van der Waals surface area contributed by atoms with Crippen LogP contribution in [0.5, 0.6) is 0 Å². The minimum atomic E-state index is -1.89. The lowest BCUT2D eigenvalue weighted by atomic mass is 10.2. The third kappa shape index (κ3) is 4.63. The number of aliphatic imine (C=N–C) groups is 1. The van der Waals surface area contributed by atoms with Crippen molar-refractivity contribution in [1.82, 2.24) is 5.32 Å². The monoisotopic (exact) mass is 244 g/mol. The topological polar surface area (TPSA) is 42.9 Å². The van der Waals surface area contributed by atoms with Gasteiger partial charge in [0.15, 0.2) is 0 Å². The lowest BCUT2D eigenvalue weighted by Crippen LogP contribution is -2.40. The SMILES string of the molecule is CCC[Si](C)(OCC)OCCC1CN=CN1. The van der Waals surface area contributed by atoms with E-state index in [9.17, 15) is 0 Å². The van der Waals surface area contributed by atoms with Crippen molar-refractivity contribution in [3.05, 3.63) is 0 Å². The third-order valence-corrected chi connectivity index (χ3v) is 5.88. The van der Waals surface area contributed by atoms with Gasteiger partial charge in [-0.25, -0.2) is 0 Å². The molecule has 0 radical (unpaired) electrons. The molecule has 94 valence electrons. The van der Waals surface area contributed by atoms with E-state index in [0.717, 1.165) is 38.6 Å². The van der Waals surface area contributed by atoms with Gasteiger partial charge in [0.1, 0.15) is 0 Å². The van der Waals surface area contributed by atoms with Crippen LogP contribution in [0.2, 0.25) is 12.6 Å². The summed E-state index contributed by atoms with van der Waals surface area (Å²) in [6.07, 6.45) is 3.93. The highest BCUT2D eigenvalue weighted by Crippen LogP contribution is 2.16. The smallest absolute Gasteiger partial charge is 0.334 e. The average Bonchev–Trinajstić information content (AvgIpc) is 2.71. The molecule has 0 aromatic rings. The molecule has 1 N–H and O–H groups in total. The second-order valence-corrected chi connectivity index (χ2v) is 7.66. The van der Waals surface area contributed by atoms with Gasteiger partial charge in [0.25, 0.3) is 0 Å². The standard InChI is InChI=1S/C11H24N2O2Si/c1-4-8-16(3,14-5-2)15-7-6-11-9-12-10-13-11/h10-11H,4-9H2,1-3H3,(H,12,13). The first-order chi connectivity index (χ1) is 7.70. The van der Waals surface area contributed by atoms with Gasteiger partial charge in [-0.3, -0.25) is 4.99 Å². The molecule has 16 heavy (non-hydrogen) atoms. The molecule has 0 saturated heterocycles. The molecule has 0 aliphatic carbocycles. The largest absolute Gasteiger partial charge is 0.395 e. The summed E-state index contributed by atoms with van der Waals surface area (Å²) < 4.78 is 11.8. The molecule has 5 heteroatoms. The lowest BCUT2D eigenvalue weighted by molar-refractivity contribution is 0.174. The van der Waals surface area contributed by atoms with Crippen molar-refractivity contribution in [2.75, 3.05) is 19.8 Å². The number of nitrogens with zero attached hydrogens (tertiary/aromatic N) is 1. The molecular weight excluding hydrogens is 220 g/mol. The molecular formula is C11H24N2O2Si. The summed E-state index contributed by atoms with van der Waals surface area (Å²) in [5.41, 5.74) is 0. The predicted molar refractivity (Wildman–Crippen MR) is 69.2 cm³/mol. The normalized spacial score (nSPS) is 23.1. The highest BCUT2D eigenvalue weighted by molar-refractivity contribution is 6.66. The molecule has 0 spiro atoms. The maximum absolute atomic E-state index is 5.99. The van der Waals surface area contributed by atoms with Gasteiger partial charge in [-0.2, -0.15) is 0 Å². The molecule has 1 aliphatic heterocycles. The highest BCUT2D eigenvalue weighted by Gasteiger charge is 2.30. The Labute approximate surface area is 99.7 Å². The Bertz CT molecular complexity index is 210. The second kappa shape index (κ2) is 7.03. The van der Waals surface area contributed by atoms with Gasteiger partial charge < -0.3 is 14.2 Å². The van der Waals surface area contributed by atoms with Crippen LogP contribution in [0.3, 0.4) is 0 Å². The maximum atomic E-state index is 5.99. The van der Waals surface area contributed by atoms with Crippen molar-refractivity contribution in [2.24, 2.45) is 4.99 Å². The van der Waals surface area contributed by atoms with Crippen molar-refractivity contribution in [3.63, 3.8) is 0 Å². The summed E-state index contributed by atoms with van der Waals surface area (Å²) in [5.74, 6) is 0. The van der Waals surface area contributed by atoms with Gasteiger partial charge in [0, 0.05) is 19.3 Å². The van der Waals surface area contributed by atoms with Crippen LogP contribution in [0.15, 0.2) is 4.99 Å². The Hall–Kier alpha value is -0.393. The Balaban J connectivity index is 2.20. The molecule has 2 unspecified atom stereocenters. The molecule has 0 saturated carbocycles. The number of hydrogen-bond donors (Lipinski definition) is 1. The summed E-state index contributed by atoms with van der Waals surface area (Å²) >= 11 is 0. The molecule has 0 fully saturated rings. The highest BCUT2D eigenvalue weighted by atomic mass is 28.4. The third-order valence-electron chi connectivity index (χ3n) is 2.75. The zero-order valence-electron chi connectivity index (χ0n) is 10.7. The van der Waals surface area contributed by atoms with Crippen LogP contribution in [0.4, 0.5) is 0 Å². The Morgan fingerprint density at radius 2 is 2.25 bits per heavy atom. The summed E-state index contributed by atoms with van der Waals surface area (Å²) in [6.45, 7) is 8.80. The minimum Gasteiger partial charge on any atom is -0.395 e. The minimum absolute atomic E-state index is 0.460. The van der Waals surface area contributed by atoms with Crippen LogP contribution >= 0.6 is 0 Å². The van der Waals surface area contributed by atoms with E-state index in [2.05, 4.69) is 23.8 Å². The second-order valence-electron chi connectivity index (χ2n) is 4.31. The Morgan fingerprint density at radius 3 is 2.81 bits per heavy atom. The number of hydrogen-bond acceptors (Lipinski definition) is 4. The van der Waals surface area contributed by atoms with Gasteiger partial charge in [0.2, 0.25) is 0 Å². The fraction of sp³-hybridized carbons (Fsp3) is 0.909. The van der Waals surface area contributed by atoms with E-state index in [1.165, 1.54) is 0 Å². The summed E-state index contributed by atoms with van der Waals surface area (Å²) in [5, 5.41) is 3.21. The first kappa shape index (κ1) is 13.7. The zero-order valence-corrected chi connectivity index (χ0v) is 11.7. The van der Waals surface area contributed by atoms with E-state index in [4.69, 9.17) is 8.85 Å². The van der Waals surface area contributed by atoms with Crippen molar-refractivity contribution < 1.29 is 8.85 Å². The molecule has 0 amide bonds.